The predicted molar refractivity (Wildman–Crippen MR) is 69.7 cm³/mol. The second kappa shape index (κ2) is 5.77. The summed E-state index contributed by atoms with van der Waals surface area (Å²) in [6, 6.07) is 7.04. The number of alkyl halides is 3. The van der Waals surface area contributed by atoms with Crippen molar-refractivity contribution in [3.63, 3.8) is 0 Å². The second-order valence-corrected chi connectivity index (χ2v) is 4.74. The van der Waals surface area contributed by atoms with Crippen LogP contribution in [0.25, 0.3) is 0 Å². The quantitative estimate of drug-likeness (QED) is 0.944. The minimum Gasteiger partial charge on any atom is -0.406 e. The van der Waals surface area contributed by atoms with Crippen LogP contribution in [0.15, 0.2) is 30.3 Å². The van der Waals surface area contributed by atoms with E-state index in [1.807, 2.05) is 13.0 Å². The molecule has 0 aliphatic rings. The van der Waals surface area contributed by atoms with Gasteiger partial charge in [-0.2, -0.15) is 5.10 Å². The number of rotatable bonds is 4. The summed E-state index contributed by atoms with van der Waals surface area (Å²) in [4.78, 5) is 0. The van der Waals surface area contributed by atoms with Gasteiger partial charge in [0.2, 0.25) is 0 Å². The lowest BCUT2D eigenvalue weighted by atomic mass is 10.0. The van der Waals surface area contributed by atoms with E-state index in [0.29, 0.717) is 12.0 Å². The molecule has 0 saturated carbocycles. The van der Waals surface area contributed by atoms with E-state index >= 15 is 0 Å². The molecule has 1 aromatic carbocycles. The van der Waals surface area contributed by atoms with Gasteiger partial charge in [0.1, 0.15) is 5.75 Å². The summed E-state index contributed by atoms with van der Waals surface area (Å²) in [5.41, 5.74) is 2.20. The summed E-state index contributed by atoms with van der Waals surface area (Å²) in [5.74, 6) is -0.310. The number of halogens is 3. The molecule has 4 nitrogen and oxygen atoms in total. The van der Waals surface area contributed by atoms with E-state index in [4.69, 9.17) is 0 Å². The molecule has 114 valence electrons. The minimum atomic E-state index is -4.72. The number of aromatic nitrogens is 2. The van der Waals surface area contributed by atoms with Crippen molar-refractivity contribution in [1.82, 2.24) is 9.78 Å². The third kappa shape index (κ3) is 4.22. The molecule has 2 aromatic rings. The Morgan fingerprint density at radius 3 is 2.38 bits per heavy atom. The average molecular weight is 300 g/mol. The molecule has 0 bridgehead atoms. The van der Waals surface area contributed by atoms with Gasteiger partial charge in [-0.05, 0) is 30.7 Å². The molecule has 0 radical (unpaired) electrons. The summed E-state index contributed by atoms with van der Waals surface area (Å²) in [5, 5.41) is 14.3. The average Bonchev–Trinajstić information content (AvgIpc) is 2.66. The lowest BCUT2D eigenvalue weighted by molar-refractivity contribution is -0.274. The number of nitrogens with zero attached hydrogens (tertiary/aromatic N) is 2. The van der Waals surface area contributed by atoms with Gasteiger partial charge in [0.25, 0.3) is 0 Å². The number of aliphatic hydroxyl groups excluding tert-OH is 1. The molecule has 0 amide bonds. The number of ether oxygens (including phenoxy) is 1. The van der Waals surface area contributed by atoms with E-state index in [1.54, 1.807) is 11.7 Å². The Balaban J connectivity index is 2.06. The molecular formula is C14H15F3N2O2. The fraction of sp³-hybridized carbons (Fsp3) is 0.357. The summed E-state index contributed by atoms with van der Waals surface area (Å²) in [6.07, 6.45) is -5.21. The predicted octanol–water partition coefficient (Wildman–Crippen LogP) is 2.90. The van der Waals surface area contributed by atoms with Crippen LogP contribution in [-0.4, -0.2) is 21.2 Å². The third-order valence-corrected chi connectivity index (χ3v) is 3.00. The highest BCUT2D eigenvalue weighted by molar-refractivity contribution is 5.29. The molecule has 0 spiro atoms. The van der Waals surface area contributed by atoms with Gasteiger partial charge in [-0.1, -0.05) is 12.1 Å². The first-order valence-electron chi connectivity index (χ1n) is 6.28. The van der Waals surface area contributed by atoms with Crippen LogP contribution >= 0.6 is 0 Å². The molecule has 1 atom stereocenters. The molecule has 1 N–H and O–H groups in total. The molecule has 2 rings (SSSR count). The van der Waals surface area contributed by atoms with Crippen molar-refractivity contribution in [3.05, 3.63) is 47.3 Å². The molecule has 0 aliphatic carbocycles. The minimum absolute atomic E-state index is 0.310. The van der Waals surface area contributed by atoms with Crippen molar-refractivity contribution in [3.8, 4) is 5.75 Å². The molecule has 1 aromatic heterocycles. The third-order valence-electron chi connectivity index (χ3n) is 3.00. The normalized spacial score (nSPS) is 13.2. The van der Waals surface area contributed by atoms with Crippen LogP contribution in [0.2, 0.25) is 0 Å². The fourth-order valence-electron chi connectivity index (χ4n) is 2.06. The smallest absolute Gasteiger partial charge is 0.406 e. The molecular weight excluding hydrogens is 285 g/mol. The van der Waals surface area contributed by atoms with Crippen LogP contribution < -0.4 is 4.74 Å². The summed E-state index contributed by atoms with van der Waals surface area (Å²) in [7, 11) is 1.77. The number of hydrogen-bond acceptors (Lipinski definition) is 3. The zero-order chi connectivity index (χ0) is 15.6. The van der Waals surface area contributed by atoms with Crippen LogP contribution in [0.3, 0.4) is 0 Å². The lowest BCUT2D eigenvalue weighted by Crippen LogP contribution is -2.17. The summed E-state index contributed by atoms with van der Waals surface area (Å²) >= 11 is 0. The van der Waals surface area contributed by atoms with Crippen LogP contribution in [-0.2, 0) is 13.5 Å². The molecule has 21 heavy (non-hydrogen) atoms. The molecule has 0 saturated heterocycles. The van der Waals surface area contributed by atoms with Crippen LogP contribution in [0.4, 0.5) is 13.2 Å². The van der Waals surface area contributed by atoms with E-state index in [2.05, 4.69) is 9.84 Å². The molecule has 1 heterocycles. The van der Waals surface area contributed by atoms with Crippen molar-refractivity contribution in [2.75, 3.05) is 0 Å². The van der Waals surface area contributed by atoms with Gasteiger partial charge < -0.3 is 9.84 Å². The molecule has 0 aliphatic heterocycles. The van der Waals surface area contributed by atoms with Gasteiger partial charge >= 0.3 is 6.36 Å². The zero-order valence-corrected chi connectivity index (χ0v) is 11.6. The van der Waals surface area contributed by atoms with Crippen molar-refractivity contribution in [2.24, 2.45) is 7.05 Å². The Morgan fingerprint density at radius 1 is 1.29 bits per heavy atom. The number of aryl methyl sites for hydroxylation is 2. The SMILES string of the molecule is Cc1cc(CC(O)c2ccc(OC(F)(F)F)cc2)n(C)n1. The van der Waals surface area contributed by atoms with Gasteiger partial charge in [0, 0.05) is 19.2 Å². The Bertz CT molecular complexity index is 606. The Hall–Kier alpha value is -2.02. The van der Waals surface area contributed by atoms with E-state index in [-0.39, 0.29) is 5.75 Å². The van der Waals surface area contributed by atoms with Crippen LogP contribution in [0.5, 0.6) is 5.75 Å². The number of aliphatic hydroxyl groups is 1. The van der Waals surface area contributed by atoms with Crippen molar-refractivity contribution >= 4 is 0 Å². The van der Waals surface area contributed by atoms with E-state index in [1.165, 1.54) is 24.3 Å². The van der Waals surface area contributed by atoms with Gasteiger partial charge in [-0.25, -0.2) is 0 Å². The topological polar surface area (TPSA) is 47.3 Å². The van der Waals surface area contributed by atoms with Crippen molar-refractivity contribution < 1.29 is 23.0 Å². The van der Waals surface area contributed by atoms with Crippen molar-refractivity contribution in [2.45, 2.75) is 25.8 Å². The van der Waals surface area contributed by atoms with Crippen LogP contribution in [0.1, 0.15) is 23.1 Å². The summed E-state index contributed by atoms with van der Waals surface area (Å²) < 4.78 is 41.6. The second-order valence-electron chi connectivity index (χ2n) is 4.74. The van der Waals surface area contributed by atoms with Crippen LogP contribution in [0, 0.1) is 6.92 Å². The largest absolute Gasteiger partial charge is 0.573 e. The first-order valence-corrected chi connectivity index (χ1v) is 6.28. The zero-order valence-electron chi connectivity index (χ0n) is 11.6. The first kappa shape index (κ1) is 15.4. The molecule has 0 fully saturated rings. The molecule has 1 unspecified atom stereocenters. The van der Waals surface area contributed by atoms with Gasteiger partial charge in [0.05, 0.1) is 11.8 Å². The summed E-state index contributed by atoms with van der Waals surface area (Å²) in [6.45, 7) is 1.85. The van der Waals surface area contributed by atoms with Gasteiger partial charge in [-0.15, -0.1) is 13.2 Å². The monoisotopic (exact) mass is 300 g/mol. The Morgan fingerprint density at radius 2 is 1.90 bits per heavy atom. The van der Waals surface area contributed by atoms with E-state index in [9.17, 15) is 18.3 Å². The maximum atomic E-state index is 12.1. The maximum absolute atomic E-state index is 12.1. The number of hydrogen-bond donors (Lipinski definition) is 1. The highest BCUT2D eigenvalue weighted by atomic mass is 19.4. The fourth-order valence-corrected chi connectivity index (χ4v) is 2.06. The highest BCUT2D eigenvalue weighted by Crippen LogP contribution is 2.25. The van der Waals surface area contributed by atoms with E-state index in [0.717, 1.165) is 11.4 Å². The first-order chi connectivity index (χ1) is 9.74. The highest BCUT2D eigenvalue weighted by Gasteiger charge is 2.31. The Kier molecular flexibility index (Phi) is 4.22. The number of benzene rings is 1. The Labute approximate surface area is 119 Å². The van der Waals surface area contributed by atoms with Gasteiger partial charge in [0.15, 0.2) is 0 Å². The van der Waals surface area contributed by atoms with Gasteiger partial charge in [-0.3, -0.25) is 4.68 Å². The lowest BCUT2D eigenvalue weighted by Gasteiger charge is -2.13. The standard InChI is InChI=1S/C14H15F3N2O2/c1-9-7-11(19(2)18-9)8-13(20)10-3-5-12(6-4-10)21-14(15,16)17/h3-7,13,20H,8H2,1-2H3. The molecule has 7 heteroatoms. The van der Waals surface area contributed by atoms with Crippen molar-refractivity contribution in [1.29, 1.82) is 0 Å². The maximum Gasteiger partial charge on any atom is 0.573 e. The van der Waals surface area contributed by atoms with E-state index < -0.39 is 12.5 Å².